The summed E-state index contributed by atoms with van der Waals surface area (Å²) in [6, 6.07) is 8.22. The molecule has 0 bridgehead atoms. The highest BCUT2D eigenvalue weighted by molar-refractivity contribution is 7.90. The van der Waals surface area contributed by atoms with Crippen LogP contribution in [0, 0.1) is 6.92 Å². The van der Waals surface area contributed by atoms with Crippen molar-refractivity contribution in [1.82, 2.24) is 9.88 Å². The van der Waals surface area contributed by atoms with Gasteiger partial charge >= 0.3 is 5.97 Å². The maximum Gasteiger partial charge on any atom is 0.308 e. The van der Waals surface area contributed by atoms with Gasteiger partial charge in [0, 0.05) is 11.6 Å². The smallest absolute Gasteiger partial charge is 0.308 e. The van der Waals surface area contributed by atoms with E-state index in [0.717, 1.165) is 0 Å². The van der Waals surface area contributed by atoms with Gasteiger partial charge in [0.1, 0.15) is 5.84 Å². The summed E-state index contributed by atoms with van der Waals surface area (Å²) in [5, 5.41) is 3.69. The monoisotopic (exact) mass is 349 g/mol. The average Bonchev–Trinajstić information content (AvgIpc) is 3.07. The molecule has 8 nitrogen and oxygen atoms in total. The maximum absolute atomic E-state index is 11.9. The topological polar surface area (TPSA) is 111 Å². The van der Waals surface area contributed by atoms with Crippen LogP contribution in [0.4, 0.5) is 0 Å². The number of ether oxygens (including phenoxy) is 1. The van der Waals surface area contributed by atoms with Crippen LogP contribution in [0.5, 0.6) is 0 Å². The second-order valence-electron chi connectivity index (χ2n) is 5.18. The predicted molar refractivity (Wildman–Crippen MR) is 83.8 cm³/mol. The van der Waals surface area contributed by atoms with E-state index in [2.05, 4.69) is 14.9 Å². The lowest BCUT2D eigenvalue weighted by Crippen LogP contribution is -2.22. The Morgan fingerprint density at radius 3 is 2.92 bits per heavy atom. The number of nitrogens with one attached hydrogen (secondary N) is 1. The highest BCUT2D eigenvalue weighted by Gasteiger charge is 2.29. The van der Waals surface area contributed by atoms with Crippen LogP contribution in [0.3, 0.4) is 0 Å². The first-order valence-electron chi connectivity index (χ1n) is 7.20. The van der Waals surface area contributed by atoms with Crippen LogP contribution in [0.15, 0.2) is 44.7 Å². The first-order valence-corrected chi connectivity index (χ1v) is 8.68. The Bertz CT molecular complexity index is 901. The van der Waals surface area contributed by atoms with Crippen LogP contribution in [-0.4, -0.2) is 31.9 Å². The fraction of sp³-hybridized carbons (Fsp3) is 0.267. The van der Waals surface area contributed by atoms with Crippen molar-refractivity contribution in [1.29, 1.82) is 0 Å². The summed E-state index contributed by atoms with van der Waals surface area (Å²) in [6.45, 7) is 1.89. The van der Waals surface area contributed by atoms with Crippen LogP contribution in [0.2, 0.25) is 0 Å². The number of fused-ring (bicyclic) bond motifs is 1. The Labute approximate surface area is 138 Å². The number of esters is 1. The molecule has 0 saturated carbocycles. The van der Waals surface area contributed by atoms with Gasteiger partial charge in [-0.25, -0.2) is 8.42 Å². The lowest BCUT2D eigenvalue weighted by Gasteiger charge is -2.01. The maximum atomic E-state index is 11.9. The third kappa shape index (κ3) is 3.46. The molecule has 0 amide bonds. The molecule has 1 aliphatic heterocycles. The van der Waals surface area contributed by atoms with Gasteiger partial charge in [-0.05, 0) is 19.1 Å². The molecule has 1 aliphatic rings. The van der Waals surface area contributed by atoms with E-state index < -0.39 is 16.0 Å². The largest absolute Gasteiger partial charge is 0.457 e. The molecule has 0 radical (unpaired) electrons. The summed E-state index contributed by atoms with van der Waals surface area (Å²) in [4.78, 5) is 16.0. The van der Waals surface area contributed by atoms with E-state index in [1.54, 1.807) is 31.2 Å². The Morgan fingerprint density at radius 2 is 2.17 bits per heavy atom. The summed E-state index contributed by atoms with van der Waals surface area (Å²) < 4.78 is 36.2. The third-order valence-corrected chi connectivity index (χ3v) is 4.70. The lowest BCUT2D eigenvalue weighted by molar-refractivity contribution is -0.145. The van der Waals surface area contributed by atoms with Crippen LogP contribution in [0.25, 0.3) is 0 Å². The van der Waals surface area contributed by atoms with Crippen molar-refractivity contribution in [3.8, 4) is 0 Å². The Morgan fingerprint density at radius 1 is 1.38 bits per heavy atom. The molecule has 0 aliphatic carbocycles. The average molecular weight is 349 g/mol. The molecule has 0 saturated heterocycles. The minimum absolute atomic E-state index is 0.00566. The molecule has 0 spiro atoms. The lowest BCUT2D eigenvalue weighted by atomic mass is 10.2. The third-order valence-electron chi connectivity index (χ3n) is 3.30. The van der Waals surface area contributed by atoms with Crippen molar-refractivity contribution in [2.75, 3.05) is 6.54 Å². The number of benzene rings is 1. The number of aromatic nitrogens is 1. The molecule has 1 aromatic carbocycles. The highest BCUT2D eigenvalue weighted by atomic mass is 32.2. The number of aryl methyl sites for hydroxylation is 1. The fourth-order valence-electron chi connectivity index (χ4n) is 2.22. The number of nitrogens with zero attached hydrogens (tertiary/aromatic N) is 2. The summed E-state index contributed by atoms with van der Waals surface area (Å²) in [7, 11) is -3.57. The van der Waals surface area contributed by atoms with E-state index in [4.69, 9.17) is 9.26 Å². The van der Waals surface area contributed by atoms with Crippen LogP contribution < -0.4 is 4.72 Å². The minimum Gasteiger partial charge on any atom is -0.457 e. The second-order valence-corrected chi connectivity index (χ2v) is 6.83. The van der Waals surface area contributed by atoms with Crippen molar-refractivity contribution >= 4 is 21.8 Å². The zero-order valence-corrected chi connectivity index (χ0v) is 13.7. The van der Waals surface area contributed by atoms with Gasteiger partial charge in [0.25, 0.3) is 10.0 Å². The van der Waals surface area contributed by atoms with Crippen LogP contribution in [0.1, 0.15) is 23.4 Å². The molecule has 1 aromatic heterocycles. The Hall–Kier alpha value is -2.68. The first kappa shape index (κ1) is 16.2. The number of carbonyl (C=O) groups excluding carboxylic acids is 1. The second kappa shape index (κ2) is 6.44. The van der Waals surface area contributed by atoms with Crippen molar-refractivity contribution in [3.63, 3.8) is 0 Å². The van der Waals surface area contributed by atoms with Crippen molar-refractivity contribution in [2.24, 2.45) is 4.99 Å². The standard InChI is InChI=1S/C15H15N3O5S/c1-10-8-11(23-17-10)9-22-14(19)6-7-16-15-12-4-2-3-5-13(12)24(20,21)18-15/h2-5,8H,6-7,9H2,1H3,(H,16,18). The Kier molecular flexibility index (Phi) is 4.34. The van der Waals surface area contributed by atoms with Gasteiger partial charge in [-0.3, -0.25) is 14.5 Å². The van der Waals surface area contributed by atoms with Crippen LogP contribution in [-0.2, 0) is 26.2 Å². The molecule has 24 heavy (non-hydrogen) atoms. The van der Waals surface area contributed by atoms with Crippen molar-refractivity contribution < 1.29 is 22.5 Å². The highest BCUT2D eigenvalue weighted by Crippen LogP contribution is 2.22. The predicted octanol–water partition coefficient (Wildman–Crippen LogP) is 1.16. The number of hydrogen-bond acceptors (Lipinski definition) is 7. The number of aliphatic imine (C=N–C) groups is 1. The summed E-state index contributed by atoms with van der Waals surface area (Å²) in [6.07, 6.45) is 0.0283. The molecule has 0 unspecified atom stereocenters. The van der Waals surface area contributed by atoms with E-state index in [1.165, 1.54) is 6.07 Å². The van der Waals surface area contributed by atoms with E-state index >= 15 is 0 Å². The van der Waals surface area contributed by atoms with Gasteiger partial charge in [-0.2, -0.15) is 0 Å². The SMILES string of the molecule is Cc1cc(COC(=O)CCN=C2NS(=O)(=O)c3ccccc32)on1. The normalized spacial score (nSPS) is 16.6. The summed E-state index contributed by atoms with van der Waals surface area (Å²) in [5.41, 5.74) is 1.21. The van der Waals surface area contributed by atoms with Crippen LogP contribution >= 0.6 is 0 Å². The van der Waals surface area contributed by atoms with E-state index in [9.17, 15) is 13.2 Å². The zero-order chi connectivity index (χ0) is 17.2. The van der Waals surface area contributed by atoms with Gasteiger partial charge in [-0.1, -0.05) is 17.3 Å². The van der Waals surface area contributed by atoms with Gasteiger partial charge < -0.3 is 9.26 Å². The number of amidine groups is 1. The van der Waals surface area contributed by atoms with E-state index in [1.807, 2.05) is 0 Å². The Balaban J connectivity index is 1.56. The fourth-order valence-corrected chi connectivity index (χ4v) is 3.47. The van der Waals surface area contributed by atoms with Gasteiger partial charge in [0.15, 0.2) is 12.4 Å². The molecule has 2 heterocycles. The number of sulfonamides is 1. The minimum atomic E-state index is -3.57. The molecule has 0 atom stereocenters. The molecule has 2 aromatic rings. The molecular formula is C15H15N3O5S. The number of hydrogen-bond donors (Lipinski definition) is 1. The molecule has 1 N–H and O–H groups in total. The number of rotatable bonds is 5. The van der Waals surface area contributed by atoms with E-state index in [0.29, 0.717) is 17.0 Å². The van der Waals surface area contributed by atoms with Crippen molar-refractivity contribution in [3.05, 3.63) is 47.3 Å². The van der Waals surface area contributed by atoms with Crippen molar-refractivity contribution in [2.45, 2.75) is 24.8 Å². The molecule has 9 heteroatoms. The van der Waals surface area contributed by atoms with E-state index in [-0.39, 0.29) is 30.3 Å². The molecule has 0 fully saturated rings. The zero-order valence-electron chi connectivity index (χ0n) is 12.9. The van der Waals surface area contributed by atoms with Gasteiger partial charge in [0.05, 0.1) is 23.6 Å². The van der Waals surface area contributed by atoms with Gasteiger partial charge in [0.2, 0.25) is 0 Å². The molecule has 3 rings (SSSR count). The molecular weight excluding hydrogens is 334 g/mol. The van der Waals surface area contributed by atoms with Gasteiger partial charge in [-0.15, -0.1) is 0 Å². The molecule has 126 valence electrons. The summed E-state index contributed by atoms with van der Waals surface area (Å²) in [5.74, 6) is 0.247. The number of carbonyl (C=O) groups is 1. The first-order chi connectivity index (χ1) is 11.5. The quantitative estimate of drug-likeness (QED) is 0.811. The summed E-state index contributed by atoms with van der Waals surface area (Å²) >= 11 is 0.